The molecule has 5 nitrogen and oxygen atoms in total. The molecule has 3 atom stereocenters. The summed E-state index contributed by atoms with van der Waals surface area (Å²) in [6.07, 6.45) is 2.35. The Morgan fingerprint density at radius 1 is 1.28 bits per heavy atom. The first-order valence-corrected chi connectivity index (χ1v) is 6.58. The second kappa shape index (κ2) is 6.73. The zero-order valence-electron chi connectivity index (χ0n) is 11.1. The minimum absolute atomic E-state index is 0.0704. The van der Waals surface area contributed by atoms with Crippen molar-refractivity contribution in [3.63, 3.8) is 0 Å². The topological polar surface area (TPSA) is 86.6 Å². The Kier molecular flexibility index (Phi) is 5.59. The third-order valence-corrected chi connectivity index (χ3v) is 3.48. The number of hydrogen-bond donors (Lipinski definition) is 3. The normalized spacial score (nSPS) is 25.1. The lowest BCUT2D eigenvalue weighted by Gasteiger charge is -2.20. The quantitative estimate of drug-likeness (QED) is 0.663. The van der Waals surface area contributed by atoms with Crippen LogP contribution in [0.3, 0.4) is 0 Å². The Hall–Kier alpha value is -1.10. The molecule has 0 aromatic carbocycles. The number of aliphatic hydroxyl groups excluding tert-OH is 1. The van der Waals surface area contributed by atoms with Crippen molar-refractivity contribution in [2.24, 2.45) is 17.8 Å². The van der Waals surface area contributed by atoms with Crippen molar-refractivity contribution >= 4 is 11.9 Å². The van der Waals surface area contributed by atoms with Crippen molar-refractivity contribution in [2.75, 3.05) is 6.61 Å². The molecule has 0 aromatic heterocycles. The molecule has 0 heterocycles. The van der Waals surface area contributed by atoms with Crippen LogP contribution in [0.2, 0.25) is 0 Å². The van der Waals surface area contributed by atoms with E-state index in [1.54, 1.807) is 0 Å². The van der Waals surface area contributed by atoms with Crippen molar-refractivity contribution in [1.82, 2.24) is 5.32 Å². The highest BCUT2D eigenvalue weighted by atomic mass is 16.4. The first-order chi connectivity index (χ1) is 8.43. The highest BCUT2D eigenvalue weighted by Crippen LogP contribution is 2.31. The molecule has 0 aromatic rings. The van der Waals surface area contributed by atoms with E-state index in [0.717, 1.165) is 6.42 Å². The molecule has 0 aliphatic heterocycles. The van der Waals surface area contributed by atoms with Gasteiger partial charge in [-0.15, -0.1) is 0 Å². The van der Waals surface area contributed by atoms with Crippen LogP contribution in [-0.2, 0) is 9.59 Å². The van der Waals surface area contributed by atoms with Crippen LogP contribution in [0.1, 0.15) is 39.5 Å². The van der Waals surface area contributed by atoms with Crippen molar-refractivity contribution in [3.05, 3.63) is 0 Å². The number of rotatable bonds is 6. The molecule has 1 unspecified atom stereocenters. The van der Waals surface area contributed by atoms with Crippen LogP contribution in [0.4, 0.5) is 0 Å². The van der Waals surface area contributed by atoms with Crippen LogP contribution in [0.15, 0.2) is 0 Å². The predicted molar refractivity (Wildman–Crippen MR) is 66.9 cm³/mol. The minimum Gasteiger partial charge on any atom is -0.481 e. The molecule has 1 aliphatic carbocycles. The monoisotopic (exact) mass is 257 g/mol. The number of hydrogen-bond acceptors (Lipinski definition) is 3. The van der Waals surface area contributed by atoms with Gasteiger partial charge in [0.15, 0.2) is 0 Å². The number of carbonyl (C=O) groups is 2. The average Bonchev–Trinajstić information content (AvgIpc) is 2.76. The molecule has 1 amide bonds. The number of carboxylic acids is 1. The third-order valence-electron chi connectivity index (χ3n) is 3.48. The summed E-state index contributed by atoms with van der Waals surface area (Å²) in [5.74, 6) is -1.13. The van der Waals surface area contributed by atoms with E-state index in [9.17, 15) is 14.7 Å². The summed E-state index contributed by atoms with van der Waals surface area (Å²) in [5.41, 5.74) is 0. The van der Waals surface area contributed by atoms with Gasteiger partial charge in [-0.25, -0.2) is 0 Å². The summed E-state index contributed by atoms with van der Waals surface area (Å²) >= 11 is 0. The molecule has 1 saturated carbocycles. The van der Waals surface area contributed by atoms with Crippen molar-refractivity contribution in [3.8, 4) is 0 Å². The van der Waals surface area contributed by atoms with Gasteiger partial charge in [0, 0.05) is 5.92 Å². The van der Waals surface area contributed by atoms with E-state index in [1.807, 2.05) is 13.8 Å². The molecule has 3 N–H and O–H groups in total. The Bertz CT molecular complexity index is 303. The second-order valence-electron chi connectivity index (χ2n) is 5.56. The summed E-state index contributed by atoms with van der Waals surface area (Å²) in [6, 6.07) is -0.221. The van der Waals surface area contributed by atoms with Crippen LogP contribution in [0.5, 0.6) is 0 Å². The second-order valence-corrected chi connectivity index (χ2v) is 5.56. The maximum Gasteiger partial charge on any atom is 0.306 e. The lowest BCUT2D eigenvalue weighted by Crippen LogP contribution is -2.41. The van der Waals surface area contributed by atoms with E-state index in [2.05, 4.69) is 5.32 Å². The highest BCUT2D eigenvalue weighted by Gasteiger charge is 2.34. The third kappa shape index (κ3) is 4.29. The Morgan fingerprint density at radius 3 is 2.33 bits per heavy atom. The zero-order chi connectivity index (χ0) is 13.7. The maximum absolute atomic E-state index is 11.9. The van der Waals surface area contributed by atoms with E-state index in [4.69, 9.17) is 5.11 Å². The van der Waals surface area contributed by atoms with Crippen molar-refractivity contribution < 1.29 is 19.8 Å². The van der Waals surface area contributed by atoms with Crippen LogP contribution in [0, 0.1) is 17.8 Å². The number of aliphatic hydroxyl groups is 1. The molecule has 18 heavy (non-hydrogen) atoms. The predicted octanol–water partition coefficient (Wildman–Crippen LogP) is 1.01. The molecule has 0 spiro atoms. The number of carbonyl (C=O) groups excluding carboxylic acids is 1. The first kappa shape index (κ1) is 15.0. The average molecular weight is 257 g/mol. The SMILES string of the molecule is CC(C)CC(CO)NC(=O)[C@@H]1CC[C@H](C(=O)O)C1. The molecular formula is C13H23NO4. The smallest absolute Gasteiger partial charge is 0.306 e. The van der Waals surface area contributed by atoms with Gasteiger partial charge in [0.25, 0.3) is 0 Å². The molecule has 0 radical (unpaired) electrons. The summed E-state index contributed by atoms with van der Waals surface area (Å²) < 4.78 is 0. The molecule has 0 saturated heterocycles. The van der Waals surface area contributed by atoms with Gasteiger partial charge in [0.05, 0.1) is 18.6 Å². The van der Waals surface area contributed by atoms with Gasteiger partial charge in [-0.05, 0) is 31.6 Å². The molecule has 1 rings (SSSR count). The van der Waals surface area contributed by atoms with Crippen molar-refractivity contribution in [1.29, 1.82) is 0 Å². The van der Waals surface area contributed by atoms with Crippen LogP contribution in [0.25, 0.3) is 0 Å². The van der Waals surface area contributed by atoms with Crippen LogP contribution in [-0.4, -0.2) is 34.7 Å². The van der Waals surface area contributed by atoms with Gasteiger partial charge in [-0.2, -0.15) is 0 Å². The van der Waals surface area contributed by atoms with Gasteiger partial charge in [0.2, 0.25) is 5.91 Å². The van der Waals surface area contributed by atoms with Crippen LogP contribution < -0.4 is 5.32 Å². The standard InChI is InChI=1S/C13H23NO4/c1-8(2)5-11(7-15)14-12(16)9-3-4-10(6-9)13(17)18/h8-11,15H,3-7H2,1-2H3,(H,14,16)(H,17,18)/t9-,10+,11?/m1/s1. The maximum atomic E-state index is 11.9. The molecule has 1 fully saturated rings. The van der Waals surface area contributed by atoms with Gasteiger partial charge in [0.1, 0.15) is 0 Å². The molecular weight excluding hydrogens is 234 g/mol. The van der Waals surface area contributed by atoms with Gasteiger partial charge >= 0.3 is 5.97 Å². The molecule has 0 bridgehead atoms. The summed E-state index contributed by atoms with van der Waals surface area (Å²) in [5, 5.41) is 20.9. The van der Waals surface area contributed by atoms with Gasteiger partial charge in [-0.1, -0.05) is 13.8 Å². The first-order valence-electron chi connectivity index (χ1n) is 6.58. The zero-order valence-corrected chi connectivity index (χ0v) is 11.1. The van der Waals surface area contributed by atoms with E-state index in [-0.39, 0.29) is 24.5 Å². The summed E-state index contributed by atoms with van der Waals surface area (Å²) in [6.45, 7) is 3.99. The summed E-state index contributed by atoms with van der Waals surface area (Å²) in [4.78, 5) is 22.8. The minimum atomic E-state index is -0.814. The fourth-order valence-electron chi connectivity index (χ4n) is 2.51. The fourth-order valence-corrected chi connectivity index (χ4v) is 2.51. The van der Waals surface area contributed by atoms with E-state index >= 15 is 0 Å². The Morgan fingerprint density at radius 2 is 1.89 bits per heavy atom. The van der Waals surface area contributed by atoms with Gasteiger partial charge in [-0.3, -0.25) is 9.59 Å². The molecule has 1 aliphatic rings. The molecule has 5 heteroatoms. The number of aliphatic carboxylic acids is 1. The lowest BCUT2D eigenvalue weighted by molar-refractivity contribution is -0.141. The number of carboxylic acid groups (broad SMARTS) is 1. The van der Waals surface area contributed by atoms with E-state index < -0.39 is 11.9 Å². The van der Waals surface area contributed by atoms with E-state index in [0.29, 0.717) is 25.2 Å². The highest BCUT2D eigenvalue weighted by molar-refractivity contribution is 5.81. The summed E-state index contributed by atoms with van der Waals surface area (Å²) in [7, 11) is 0. The number of amides is 1. The Labute approximate surface area is 108 Å². The van der Waals surface area contributed by atoms with Crippen LogP contribution >= 0.6 is 0 Å². The van der Waals surface area contributed by atoms with Gasteiger partial charge < -0.3 is 15.5 Å². The molecule has 104 valence electrons. The van der Waals surface area contributed by atoms with E-state index in [1.165, 1.54) is 0 Å². The Balaban J connectivity index is 2.43. The van der Waals surface area contributed by atoms with Crippen molar-refractivity contribution in [2.45, 2.75) is 45.6 Å². The lowest BCUT2D eigenvalue weighted by atomic mass is 10.0. The number of nitrogens with one attached hydrogen (secondary N) is 1. The fraction of sp³-hybridized carbons (Fsp3) is 0.846. The largest absolute Gasteiger partial charge is 0.481 e.